The second-order valence-electron chi connectivity index (χ2n) is 7.20. The van der Waals surface area contributed by atoms with Crippen LogP contribution in [0.4, 0.5) is 5.69 Å². The molecule has 0 bridgehead atoms. The van der Waals surface area contributed by atoms with Crippen molar-refractivity contribution < 1.29 is 22.7 Å². The Balaban J connectivity index is 1.49. The van der Waals surface area contributed by atoms with Gasteiger partial charge in [0.1, 0.15) is 0 Å². The number of halogens is 2. The van der Waals surface area contributed by atoms with E-state index >= 15 is 0 Å². The third-order valence-corrected chi connectivity index (χ3v) is 7.70. The molecule has 0 saturated carbocycles. The van der Waals surface area contributed by atoms with Crippen molar-refractivity contribution >= 4 is 50.8 Å². The highest BCUT2D eigenvalue weighted by atomic mass is 35.5. The summed E-state index contributed by atoms with van der Waals surface area (Å²) in [5.74, 6) is -1.44. The molecule has 1 amide bonds. The van der Waals surface area contributed by atoms with Gasteiger partial charge >= 0.3 is 5.97 Å². The molecule has 10 heteroatoms. The monoisotopic (exact) mass is 484 g/mol. The molecule has 1 aliphatic rings. The molecule has 0 unspecified atom stereocenters. The lowest BCUT2D eigenvalue weighted by Crippen LogP contribution is -2.40. The van der Waals surface area contributed by atoms with E-state index in [1.807, 2.05) is 0 Å². The summed E-state index contributed by atoms with van der Waals surface area (Å²) in [5, 5.41) is 3.64. The Morgan fingerprint density at radius 3 is 2.39 bits per heavy atom. The lowest BCUT2D eigenvalue weighted by Gasteiger charge is -2.30. The molecule has 3 rings (SSSR count). The maximum Gasteiger partial charge on any atom is 0.309 e. The number of sulfonamides is 1. The quantitative estimate of drug-likeness (QED) is 0.627. The first-order valence-electron chi connectivity index (χ1n) is 9.66. The minimum atomic E-state index is -3.65. The van der Waals surface area contributed by atoms with Gasteiger partial charge in [-0.05, 0) is 61.7 Å². The van der Waals surface area contributed by atoms with E-state index in [4.69, 9.17) is 27.9 Å². The molecule has 31 heavy (non-hydrogen) atoms. The van der Waals surface area contributed by atoms with E-state index in [1.54, 1.807) is 25.1 Å². The number of carbonyl (C=O) groups is 2. The number of amides is 1. The van der Waals surface area contributed by atoms with Gasteiger partial charge in [-0.25, -0.2) is 8.42 Å². The fraction of sp³-hybridized carbons (Fsp3) is 0.333. The summed E-state index contributed by atoms with van der Waals surface area (Å²) in [6.07, 6.45) is 0.640. The van der Waals surface area contributed by atoms with Crippen molar-refractivity contribution in [2.45, 2.75) is 24.7 Å². The molecule has 0 aromatic heterocycles. The van der Waals surface area contributed by atoms with Crippen LogP contribution < -0.4 is 5.32 Å². The zero-order chi connectivity index (χ0) is 22.6. The molecule has 1 heterocycles. The average Bonchev–Trinajstić information content (AvgIpc) is 2.75. The largest absolute Gasteiger partial charge is 0.455 e. The van der Waals surface area contributed by atoms with Crippen LogP contribution in [0.5, 0.6) is 0 Å². The Morgan fingerprint density at radius 2 is 1.74 bits per heavy atom. The van der Waals surface area contributed by atoms with E-state index in [1.165, 1.54) is 28.6 Å². The highest BCUT2D eigenvalue weighted by molar-refractivity contribution is 7.89. The van der Waals surface area contributed by atoms with Crippen LogP contribution in [0.15, 0.2) is 47.4 Å². The van der Waals surface area contributed by atoms with E-state index in [-0.39, 0.29) is 18.0 Å². The molecule has 2 aromatic carbocycles. The van der Waals surface area contributed by atoms with Crippen LogP contribution in [0.3, 0.4) is 0 Å². The molecule has 0 atom stereocenters. The highest BCUT2D eigenvalue weighted by Crippen LogP contribution is 2.26. The minimum absolute atomic E-state index is 0.158. The minimum Gasteiger partial charge on any atom is -0.455 e. The van der Waals surface area contributed by atoms with Crippen LogP contribution in [0.1, 0.15) is 18.4 Å². The van der Waals surface area contributed by atoms with Crippen molar-refractivity contribution in [3.63, 3.8) is 0 Å². The fourth-order valence-electron chi connectivity index (χ4n) is 3.27. The average molecular weight is 485 g/mol. The first kappa shape index (κ1) is 23.5. The first-order valence-corrected chi connectivity index (χ1v) is 11.9. The SMILES string of the molecule is Cc1c(Cl)cccc1NC(=O)COC(=O)C1CCN(S(=O)(=O)c2ccc(Cl)cc2)CC1. The van der Waals surface area contributed by atoms with Crippen LogP contribution in [-0.4, -0.2) is 44.3 Å². The van der Waals surface area contributed by atoms with Gasteiger partial charge in [-0.15, -0.1) is 0 Å². The van der Waals surface area contributed by atoms with Crippen molar-refractivity contribution in [2.75, 3.05) is 25.0 Å². The number of nitrogens with zero attached hydrogens (tertiary/aromatic N) is 1. The maximum absolute atomic E-state index is 12.7. The zero-order valence-corrected chi connectivity index (χ0v) is 19.1. The molecular weight excluding hydrogens is 463 g/mol. The van der Waals surface area contributed by atoms with E-state index in [9.17, 15) is 18.0 Å². The molecule has 0 radical (unpaired) electrons. The summed E-state index contributed by atoms with van der Waals surface area (Å²) in [6, 6.07) is 11.1. The zero-order valence-electron chi connectivity index (χ0n) is 16.8. The molecule has 1 saturated heterocycles. The first-order chi connectivity index (χ1) is 14.7. The van der Waals surface area contributed by atoms with Crippen LogP contribution in [-0.2, 0) is 24.3 Å². The van der Waals surface area contributed by atoms with E-state index in [2.05, 4.69) is 5.32 Å². The van der Waals surface area contributed by atoms with Gasteiger partial charge in [-0.3, -0.25) is 9.59 Å². The normalized spacial score (nSPS) is 15.5. The number of piperidine rings is 1. The van der Waals surface area contributed by atoms with E-state index in [0.717, 1.165) is 5.56 Å². The summed E-state index contributed by atoms with van der Waals surface area (Å²) in [7, 11) is -3.65. The van der Waals surface area contributed by atoms with Crippen LogP contribution in [0.25, 0.3) is 0 Å². The third kappa shape index (κ3) is 5.77. The summed E-state index contributed by atoms with van der Waals surface area (Å²) in [6.45, 7) is 1.74. The highest BCUT2D eigenvalue weighted by Gasteiger charge is 2.33. The summed E-state index contributed by atoms with van der Waals surface area (Å²) in [4.78, 5) is 24.6. The van der Waals surface area contributed by atoms with Crippen molar-refractivity contribution in [2.24, 2.45) is 5.92 Å². The van der Waals surface area contributed by atoms with E-state index in [0.29, 0.717) is 28.6 Å². The Bertz CT molecular complexity index is 1070. The summed E-state index contributed by atoms with van der Waals surface area (Å²) >= 11 is 11.8. The predicted molar refractivity (Wildman–Crippen MR) is 119 cm³/mol. The number of carbonyl (C=O) groups excluding carboxylic acids is 2. The van der Waals surface area contributed by atoms with Gasteiger partial charge in [0.15, 0.2) is 6.61 Å². The third-order valence-electron chi connectivity index (χ3n) is 5.13. The lowest BCUT2D eigenvalue weighted by molar-refractivity contribution is -0.152. The van der Waals surface area contributed by atoms with Gasteiger partial charge in [-0.1, -0.05) is 29.3 Å². The lowest BCUT2D eigenvalue weighted by atomic mass is 9.98. The number of nitrogens with one attached hydrogen (secondary N) is 1. The Kier molecular flexibility index (Phi) is 7.59. The molecule has 0 spiro atoms. The van der Waals surface area contributed by atoms with Gasteiger partial charge in [0.25, 0.3) is 5.91 Å². The van der Waals surface area contributed by atoms with Crippen LogP contribution >= 0.6 is 23.2 Å². The molecule has 2 aromatic rings. The molecule has 166 valence electrons. The second kappa shape index (κ2) is 9.99. The second-order valence-corrected chi connectivity index (χ2v) is 9.98. The molecule has 1 N–H and O–H groups in total. The van der Waals surface area contributed by atoms with Crippen LogP contribution in [0, 0.1) is 12.8 Å². The maximum atomic E-state index is 12.7. The van der Waals surface area contributed by atoms with Crippen LogP contribution in [0.2, 0.25) is 10.0 Å². The topological polar surface area (TPSA) is 92.8 Å². The van der Waals surface area contributed by atoms with Gasteiger partial charge in [0.2, 0.25) is 10.0 Å². The molecule has 1 fully saturated rings. The Hall–Kier alpha value is -2.13. The number of hydrogen-bond acceptors (Lipinski definition) is 5. The van der Waals surface area contributed by atoms with Crippen molar-refractivity contribution in [1.29, 1.82) is 0 Å². The smallest absolute Gasteiger partial charge is 0.309 e. The number of hydrogen-bond donors (Lipinski definition) is 1. The number of rotatable bonds is 6. The fourth-order valence-corrected chi connectivity index (χ4v) is 5.04. The standard InChI is InChI=1S/C21H22Cl2N2O5S/c1-14-18(23)3-2-4-19(14)24-20(26)13-30-21(27)15-9-11-25(12-10-15)31(28,29)17-7-5-16(22)6-8-17/h2-8,15H,9-13H2,1H3,(H,24,26). The number of benzene rings is 2. The van der Waals surface area contributed by atoms with Gasteiger partial charge in [0, 0.05) is 28.8 Å². The summed E-state index contributed by atoms with van der Waals surface area (Å²) in [5.41, 5.74) is 1.27. The molecule has 1 aliphatic heterocycles. The number of ether oxygens (including phenoxy) is 1. The van der Waals surface area contributed by atoms with Crippen molar-refractivity contribution in [3.05, 3.63) is 58.1 Å². The van der Waals surface area contributed by atoms with Gasteiger partial charge in [-0.2, -0.15) is 4.31 Å². The van der Waals surface area contributed by atoms with Crippen molar-refractivity contribution in [3.8, 4) is 0 Å². The molecule has 0 aliphatic carbocycles. The summed E-state index contributed by atoms with van der Waals surface area (Å²) < 4.78 is 31.9. The molecular formula is C21H22Cl2N2O5S. The number of esters is 1. The van der Waals surface area contributed by atoms with Gasteiger partial charge in [0.05, 0.1) is 10.8 Å². The number of anilines is 1. The molecule has 7 nitrogen and oxygen atoms in total. The Morgan fingerprint density at radius 1 is 1.10 bits per heavy atom. The van der Waals surface area contributed by atoms with Crippen molar-refractivity contribution in [1.82, 2.24) is 4.31 Å². The predicted octanol–water partition coefficient (Wildman–Crippen LogP) is 3.88. The van der Waals surface area contributed by atoms with Gasteiger partial charge < -0.3 is 10.1 Å². The Labute approximate surface area is 191 Å². The van der Waals surface area contributed by atoms with E-state index < -0.39 is 34.4 Å².